The van der Waals surface area contributed by atoms with E-state index in [-0.39, 0.29) is 0 Å². The van der Waals surface area contributed by atoms with E-state index >= 15 is 0 Å². The van der Waals surface area contributed by atoms with Crippen molar-refractivity contribution >= 4 is 28.6 Å². The number of thioether (sulfide) groups is 1. The average molecular weight is 385 g/mol. The number of ether oxygens (including phenoxy) is 2. The van der Waals surface area contributed by atoms with Crippen molar-refractivity contribution in [2.75, 3.05) is 13.7 Å². The smallest absolute Gasteiger partial charge is 0.319 e. The molecule has 0 aliphatic carbocycles. The summed E-state index contributed by atoms with van der Waals surface area (Å²) in [6.45, 7) is 4.67. The monoisotopic (exact) mass is 385 g/mol. The lowest BCUT2D eigenvalue weighted by Crippen LogP contribution is -2.26. The van der Waals surface area contributed by atoms with E-state index in [0.717, 1.165) is 33.8 Å². The quantitative estimate of drug-likeness (QED) is 0.570. The Balaban J connectivity index is 1.57. The summed E-state index contributed by atoms with van der Waals surface area (Å²) in [5.41, 5.74) is 1.14. The number of hydrogen-bond acceptors (Lipinski definition) is 4. The summed E-state index contributed by atoms with van der Waals surface area (Å²) in [6.07, 6.45) is 2.04. The van der Waals surface area contributed by atoms with E-state index < -0.39 is 10.7 Å². The van der Waals surface area contributed by atoms with Gasteiger partial charge in [-0.25, -0.2) is 0 Å². The van der Waals surface area contributed by atoms with Crippen molar-refractivity contribution in [1.82, 2.24) is 4.57 Å². The Morgan fingerprint density at radius 1 is 1.11 bits per heavy atom. The van der Waals surface area contributed by atoms with Crippen LogP contribution in [0.4, 0.5) is 0 Å². The number of aromatic nitrogens is 1. The Labute approximate surface area is 162 Å². The van der Waals surface area contributed by atoms with Crippen LogP contribution in [0, 0.1) is 0 Å². The molecule has 0 unspecified atom stereocenters. The van der Waals surface area contributed by atoms with Crippen LogP contribution in [0.1, 0.15) is 13.8 Å². The highest BCUT2D eigenvalue weighted by Gasteiger charge is 2.28. The second kappa shape index (κ2) is 7.96. The van der Waals surface area contributed by atoms with Crippen LogP contribution in [0.5, 0.6) is 11.5 Å². The molecule has 0 amide bonds. The van der Waals surface area contributed by atoms with E-state index in [0.29, 0.717) is 6.61 Å². The number of nitrogens with zero attached hydrogens (tertiary/aromatic N) is 1. The Kier molecular flexibility index (Phi) is 5.65. The van der Waals surface area contributed by atoms with Gasteiger partial charge in [-0.1, -0.05) is 0 Å². The summed E-state index contributed by atoms with van der Waals surface area (Å²) in [7, 11) is 1.67. The molecule has 0 fully saturated rings. The lowest BCUT2D eigenvalue weighted by Gasteiger charge is -2.18. The van der Waals surface area contributed by atoms with Crippen LogP contribution in [-0.2, 0) is 11.3 Å². The van der Waals surface area contributed by atoms with Gasteiger partial charge in [-0.3, -0.25) is 4.79 Å². The van der Waals surface area contributed by atoms with Crippen LogP contribution in [0.15, 0.2) is 59.6 Å². The second-order valence-corrected chi connectivity index (χ2v) is 8.37. The maximum absolute atomic E-state index is 11.2. The van der Waals surface area contributed by atoms with Crippen molar-refractivity contribution in [1.29, 1.82) is 0 Å². The highest BCUT2D eigenvalue weighted by atomic mass is 32.2. The summed E-state index contributed by atoms with van der Waals surface area (Å²) < 4.78 is 12.4. The molecule has 0 bridgehead atoms. The molecule has 0 radical (unpaired) electrons. The van der Waals surface area contributed by atoms with E-state index in [2.05, 4.69) is 10.6 Å². The van der Waals surface area contributed by atoms with E-state index in [1.54, 1.807) is 21.0 Å². The number of carboxylic acid groups (broad SMARTS) is 1. The third kappa shape index (κ3) is 4.57. The number of carbonyl (C=O) groups is 1. The lowest BCUT2D eigenvalue weighted by atomic mass is 10.2. The van der Waals surface area contributed by atoms with Crippen LogP contribution in [0.25, 0.3) is 10.9 Å². The molecule has 0 atom stereocenters. The molecule has 1 aromatic heterocycles. The number of aliphatic carboxylic acids is 1. The molecule has 5 nitrogen and oxygen atoms in total. The van der Waals surface area contributed by atoms with Gasteiger partial charge in [0.1, 0.15) is 22.9 Å². The maximum Gasteiger partial charge on any atom is 0.319 e. The molecule has 2 aromatic carbocycles. The number of benzene rings is 2. The summed E-state index contributed by atoms with van der Waals surface area (Å²) in [5, 5.41) is 10.3. The minimum Gasteiger partial charge on any atom is -0.497 e. The summed E-state index contributed by atoms with van der Waals surface area (Å²) >= 11 is 1.32. The third-order valence-corrected chi connectivity index (χ3v) is 5.48. The first-order valence-corrected chi connectivity index (χ1v) is 9.49. The molecular formula is C21H23NO4S. The summed E-state index contributed by atoms with van der Waals surface area (Å²) in [4.78, 5) is 12.1. The van der Waals surface area contributed by atoms with Crippen molar-refractivity contribution < 1.29 is 19.4 Å². The van der Waals surface area contributed by atoms with Gasteiger partial charge in [0.25, 0.3) is 0 Å². The topological polar surface area (TPSA) is 60.7 Å². The summed E-state index contributed by atoms with van der Waals surface area (Å²) in [6, 6.07) is 15.6. The van der Waals surface area contributed by atoms with E-state index in [1.807, 2.05) is 48.7 Å². The normalized spacial score (nSPS) is 11.5. The zero-order valence-corrected chi connectivity index (χ0v) is 16.5. The van der Waals surface area contributed by atoms with Gasteiger partial charge in [0.2, 0.25) is 0 Å². The number of carboxylic acids is 1. The van der Waals surface area contributed by atoms with Crippen molar-refractivity contribution in [2.45, 2.75) is 30.0 Å². The van der Waals surface area contributed by atoms with Crippen molar-refractivity contribution in [2.24, 2.45) is 0 Å². The second-order valence-electron chi connectivity index (χ2n) is 6.67. The lowest BCUT2D eigenvalue weighted by molar-refractivity contribution is -0.138. The van der Waals surface area contributed by atoms with Gasteiger partial charge in [-0.15, -0.1) is 11.8 Å². The van der Waals surface area contributed by atoms with Gasteiger partial charge in [-0.05, 0) is 62.4 Å². The Morgan fingerprint density at radius 3 is 2.48 bits per heavy atom. The van der Waals surface area contributed by atoms with Crippen LogP contribution in [0.2, 0.25) is 0 Å². The fourth-order valence-corrected chi connectivity index (χ4v) is 3.65. The summed E-state index contributed by atoms with van der Waals surface area (Å²) in [5.74, 6) is 0.788. The molecule has 0 saturated heterocycles. The molecule has 142 valence electrons. The van der Waals surface area contributed by atoms with Crippen LogP contribution < -0.4 is 9.47 Å². The predicted molar refractivity (Wildman–Crippen MR) is 108 cm³/mol. The molecule has 3 rings (SSSR count). The first kappa shape index (κ1) is 19.2. The van der Waals surface area contributed by atoms with Crippen LogP contribution >= 0.6 is 11.8 Å². The minimum absolute atomic E-state index is 0.545. The molecule has 0 spiro atoms. The number of hydrogen-bond donors (Lipinski definition) is 1. The highest BCUT2D eigenvalue weighted by Crippen LogP contribution is 2.33. The Bertz CT molecular complexity index is 931. The zero-order chi connectivity index (χ0) is 19.4. The maximum atomic E-state index is 11.2. The fraction of sp³-hybridized carbons (Fsp3) is 0.286. The molecule has 6 heteroatoms. The number of fused-ring (bicyclic) bond motifs is 1. The van der Waals surface area contributed by atoms with Gasteiger partial charge in [0.15, 0.2) is 0 Å². The third-order valence-electron chi connectivity index (χ3n) is 4.29. The molecule has 0 aliphatic heterocycles. The molecule has 0 saturated carbocycles. The Hall–Kier alpha value is -2.60. The van der Waals surface area contributed by atoms with Gasteiger partial charge in [0, 0.05) is 22.0 Å². The van der Waals surface area contributed by atoms with Gasteiger partial charge >= 0.3 is 5.97 Å². The minimum atomic E-state index is -0.861. The Morgan fingerprint density at radius 2 is 1.81 bits per heavy atom. The molecule has 3 aromatic rings. The SMILES string of the molecule is COc1ccc2c(ccn2CCOc2ccc(SC(C)(C)C(=O)O)cc2)c1. The van der Waals surface area contributed by atoms with Gasteiger partial charge < -0.3 is 19.1 Å². The largest absolute Gasteiger partial charge is 0.497 e. The van der Waals surface area contributed by atoms with E-state index in [4.69, 9.17) is 9.47 Å². The first-order chi connectivity index (χ1) is 12.9. The van der Waals surface area contributed by atoms with Crippen molar-refractivity contribution in [3.8, 4) is 11.5 Å². The van der Waals surface area contributed by atoms with Gasteiger partial charge in [0.05, 0.1) is 13.7 Å². The van der Waals surface area contributed by atoms with E-state index in [1.165, 1.54) is 11.8 Å². The molecule has 1 N–H and O–H groups in total. The fourth-order valence-electron chi connectivity index (χ4n) is 2.70. The zero-order valence-electron chi connectivity index (χ0n) is 15.6. The molecular weight excluding hydrogens is 362 g/mol. The predicted octanol–water partition coefficient (Wildman–Crippen LogP) is 4.68. The molecule has 1 heterocycles. The van der Waals surface area contributed by atoms with Crippen LogP contribution in [0.3, 0.4) is 0 Å². The van der Waals surface area contributed by atoms with Crippen molar-refractivity contribution in [3.63, 3.8) is 0 Å². The van der Waals surface area contributed by atoms with E-state index in [9.17, 15) is 9.90 Å². The van der Waals surface area contributed by atoms with Crippen molar-refractivity contribution in [3.05, 3.63) is 54.7 Å². The first-order valence-electron chi connectivity index (χ1n) is 8.67. The standard InChI is InChI=1S/C21H23NO4S/c1-21(2,20(23)24)27-18-7-4-16(5-8-18)26-13-12-22-11-10-15-14-17(25-3)6-9-19(15)22/h4-11,14H,12-13H2,1-3H3,(H,23,24). The molecule has 0 aliphatic rings. The average Bonchev–Trinajstić information content (AvgIpc) is 3.05. The molecule has 27 heavy (non-hydrogen) atoms. The highest BCUT2D eigenvalue weighted by molar-refractivity contribution is 8.01. The van der Waals surface area contributed by atoms with Gasteiger partial charge in [-0.2, -0.15) is 0 Å². The number of rotatable bonds is 8. The number of methoxy groups -OCH3 is 1. The van der Waals surface area contributed by atoms with Crippen LogP contribution in [-0.4, -0.2) is 34.1 Å².